The van der Waals surface area contributed by atoms with Crippen LogP contribution in [0.25, 0.3) is 0 Å². The number of nitriles is 1. The van der Waals surface area contributed by atoms with Crippen molar-refractivity contribution in [2.75, 3.05) is 26.1 Å². The van der Waals surface area contributed by atoms with E-state index in [4.69, 9.17) is 4.74 Å². The van der Waals surface area contributed by atoms with Crippen LogP contribution in [0.4, 0.5) is 5.69 Å². The van der Waals surface area contributed by atoms with Gasteiger partial charge in [0.2, 0.25) is 0 Å². The Hall–Kier alpha value is -3.07. The van der Waals surface area contributed by atoms with Gasteiger partial charge in [0.05, 0.1) is 13.2 Å². The molecular formula is C17H18N4O2. The molecule has 0 aliphatic heterocycles. The van der Waals surface area contributed by atoms with Crippen molar-refractivity contribution in [1.29, 1.82) is 5.26 Å². The van der Waals surface area contributed by atoms with Gasteiger partial charge in [-0.1, -0.05) is 18.2 Å². The van der Waals surface area contributed by atoms with Crippen LogP contribution in [-0.2, 0) is 0 Å². The minimum atomic E-state index is -0.816. The molecule has 1 N–H and O–H groups in total. The summed E-state index contributed by atoms with van der Waals surface area (Å²) >= 11 is 0. The Morgan fingerprint density at radius 3 is 2.74 bits per heavy atom. The van der Waals surface area contributed by atoms with Crippen molar-refractivity contribution in [3.63, 3.8) is 0 Å². The Morgan fingerprint density at radius 2 is 2.09 bits per heavy atom. The van der Waals surface area contributed by atoms with E-state index in [0.29, 0.717) is 11.3 Å². The van der Waals surface area contributed by atoms with Crippen LogP contribution in [0.1, 0.15) is 22.1 Å². The number of amides is 1. The lowest BCUT2D eigenvalue weighted by Gasteiger charge is -2.16. The number of hydrogen-bond donors (Lipinski definition) is 1. The van der Waals surface area contributed by atoms with Crippen LogP contribution >= 0.6 is 0 Å². The van der Waals surface area contributed by atoms with Gasteiger partial charge in [-0.05, 0) is 18.2 Å². The van der Waals surface area contributed by atoms with E-state index in [-0.39, 0.29) is 5.69 Å². The van der Waals surface area contributed by atoms with Gasteiger partial charge in [0, 0.05) is 31.5 Å². The van der Waals surface area contributed by atoms with Crippen LogP contribution in [0.3, 0.4) is 0 Å². The maximum absolute atomic E-state index is 12.4. The lowest BCUT2D eigenvalue weighted by atomic mass is 10.1. The van der Waals surface area contributed by atoms with Crippen molar-refractivity contribution in [2.45, 2.75) is 6.04 Å². The second-order valence-electron chi connectivity index (χ2n) is 5.07. The first-order chi connectivity index (χ1) is 11.1. The van der Waals surface area contributed by atoms with E-state index in [1.165, 1.54) is 7.11 Å². The minimum absolute atomic E-state index is 0.256. The minimum Gasteiger partial charge on any atom is -0.496 e. The number of nitrogens with zero attached hydrogens (tertiary/aromatic N) is 3. The first-order valence-corrected chi connectivity index (χ1v) is 7.03. The highest BCUT2D eigenvalue weighted by Crippen LogP contribution is 2.24. The monoisotopic (exact) mass is 310 g/mol. The van der Waals surface area contributed by atoms with Crippen molar-refractivity contribution in [1.82, 2.24) is 10.3 Å². The first-order valence-electron chi connectivity index (χ1n) is 7.03. The number of benzene rings is 1. The summed E-state index contributed by atoms with van der Waals surface area (Å²) in [5, 5.41) is 12.1. The fourth-order valence-electron chi connectivity index (χ4n) is 2.11. The van der Waals surface area contributed by atoms with Crippen molar-refractivity contribution < 1.29 is 9.53 Å². The molecule has 0 spiro atoms. The number of methoxy groups -OCH3 is 1. The Balaban J connectivity index is 2.24. The fraction of sp³-hybridized carbons (Fsp3) is 0.235. The second-order valence-corrected chi connectivity index (χ2v) is 5.07. The van der Waals surface area contributed by atoms with Gasteiger partial charge in [-0.15, -0.1) is 0 Å². The SMILES string of the molecule is COc1ccccc1C(C#N)NC(=O)c1cc(N(C)C)ccn1. The Bertz CT molecular complexity index is 737. The molecule has 6 heteroatoms. The van der Waals surface area contributed by atoms with Crippen molar-refractivity contribution in [3.05, 3.63) is 53.9 Å². The molecule has 2 aromatic rings. The quantitative estimate of drug-likeness (QED) is 0.915. The van der Waals surface area contributed by atoms with Crippen LogP contribution in [0.5, 0.6) is 5.75 Å². The molecule has 1 heterocycles. The summed E-state index contributed by atoms with van der Waals surface area (Å²) < 4.78 is 5.24. The van der Waals surface area contributed by atoms with Gasteiger partial charge >= 0.3 is 0 Å². The molecule has 0 aliphatic carbocycles. The van der Waals surface area contributed by atoms with Crippen LogP contribution in [0.2, 0.25) is 0 Å². The highest BCUT2D eigenvalue weighted by molar-refractivity contribution is 5.93. The van der Waals surface area contributed by atoms with Gasteiger partial charge in [-0.2, -0.15) is 5.26 Å². The molecule has 0 saturated carbocycles. The van der Waals surface area contributed by atoms with Gasteiger partial charge in [-0.3, -0.25) is 9.78 Å². The zero-order chi connectivity index (χ0) is 16.8. The normalized spacial score (nSPS) is 11.2. The number of pyridine rings is 1. The second kappa shape index (κ2) is 7.27. The van der Waals surface area contributed by atoms with Gasteiger partial charge in [0.15, 0.2) is 0 Å². The summed E-state index contributed by atoms with van der Waals surface area (Å²) in [6.07, 6.45) is 1.56. The highest BCUT2D eigenvalue weighted by atomic mass is 16.5. The molecule has 0 saturated heterocycles. The summed E-state index contributed by atoms with van der Waals surface area (Å²) in [4.78, 5) is 18.3. The number of carbonyl (C=O) groups is 1. The van der Waals surface area contributed by atoms with Gasteiger partial charge in [0.25, 0.3) is 5.91 Å². The molecule has 1 amide bonds. The Morgan fingerprint density at radius 1 is 1.35 bits per heavy atom. The molecule has 1 aromatic carbocycles. The predicted molar refractivity (Wildman–Crippen MR) is 87.4 cm³/mol. The van der Waals surface area contributed by atoms with Gasteiger partial charge < -0.3 is 15.0 Å². The predicted octanol–water partition coefficient (Wildman–Crippen LogP) is 2.15. The van der Waals surface area contributed by atoms with Gasteiger partial charge in [-0.25, -0.2) is 0 Å². The number of nitrogens with one attached hydrogen (secondary N) is 1. The average Bonchev–Trinajstić information content (AvgIpc) is 2.59. The number of aromatic nitrogens is 1. The van der Waals surface area contributed by atoms with E-state index in [9.17, 15) is 10.1 Å². The summed E-state index contributed by atoms with van der Waals surface area (Å²) in [5.41, 5.74) is 1.72. The molecule has 23 heavy (non-hydrogen) atoms. The largest absolute Gasteiger partial charge is 0.496 e. The number of rotatable bonds is 5. The summed E-state index contributed by atoms with van der Waals surface area (Å²) in [5.74, 6) is 0.139. The van der Waals surface area contributed by atoms with Crippen LogP contribution in [-0.4, -0.2) is 32.1 Å². The summed E-state index contributed by atoms with van der Waals surface area (Å²) in [6, 6.07) is 11.8. The zero-order valence-electron chi connectivity index (χ0n) is 13.3. The lowest BCUT2D eigenvalue weighted by Crippen LogP contribution is -2.28. The van der Waals surface area contributed by atoms with Crippen LogP contribution < -0.4 is 15.0 Å². The van der Waals surface area contributed by atoms with Gasteiger partial charge in [0.1, 0.15) is 17.5 Å². The molecule has 1 aromatic heterocycles. The Kier molecular flexibility index (Phi) is 5.15. The van der Waals surface area contributed by atoms with Crippen molar-refractivity contribution in [3.8, 4) is 11.8 Å². The maximum Gasteiger partial charge on any atom is 0.271 e. The molecule has 0 fully saturated rings. The number of anilines is 1. The van der Waals surface area contributed by atoms with E-state index in [2.05, 4.69) is 16.4 Å². The van der Waals surface area contributed by atoms with E-state index >= 15 is 0 Å². The number of carbonyl (C=O) groups excluding carboxylic acids is 1. The Labute approximate surface area is 135 Å². The van der Waals surface area contributed by atoms with Crippen LogP contribution in [0.15, 0.2) is 42.6 Å². The molecule has 0 aliphatic rings. The maximum atomic E-state index is 12.4. The number of para-hydroxylation sites is 1. The topological polar surface area (TPSA) is 78.2 Å². The standard InChI is InChI=1S/C17H18N4O2/c1-21(2)12-8-9-19-14(10-12)17(22)20-15(11-18)13-6-4-5-7-16(13)23-3/h4-10,15H,1-3H3,(H,20,22). The average molecular weight is 310 g/mol. The van der Waals surface area contributed by atoms with Crippen LogP contribution in [0, 0.1) is 11.3 Å². The zero-order valence-corrected chi connectivity index (χ0v) is 13.3. The molecule has 1 unspecified atom stereocenters. The van der Waals surface area contributed by atoms with E-state index in [1.54, 1.807) is 42.6 Å². The molecule has 6 nitrogen and oxygen atoms in total. The third kappa shape index (κ3) is 3.77. The number of ether oxygens (including phenoxy) is 1. The summed E-state index contributed by atoms with van der Waals surface area (Å²) in [6.45, 7) is 0. The van der Waals surface area contributed by atoms with E-state index in [0.717, 1.165) is 5.69 Å². The van der Waals surface area contributed by atoms with Crippen molar-refractivity contribution >= 4 is 11.6 Å². The third-order valence-electron chi connectivity index (χ3n) is 3.35. The lowest BCUT2D eigenvalue weighted by molar-refractivity contribution is 0.0940. The molecule has 0 radical (unpaired) electrons. The third-order valence-corrected chi connectivity index (χ3v) is 3.35. The van der Waals surface area contributed by atoms with E-state index in [1.807, 2.05) is 19.0 Å². The molecular weight excluding hydrogens is 292 g/mol. The molecule has 2 rings (SSSR count). The smallest absolute Gasteiger partial charge is 0.271 e. The summed E-state index contributed by atoms with van der Waals surface area (Å²) in [7, 11) is 5.28. The molecule has 1 atom stereocenters. The van der Waals surface area contributed by atoms with E-state index < -0.39 is 11.9 Å². The van der Waals surface area contributed by atoms with Crippen molar-refractivity contribution in [2.24, 2.45) is 0 Å². The fourth-order valence-corrected chi connectivity index (χ4v) is 2.11. The number of hydrogen-bond acceptors (Lipinski definition) is 5. The highest BCUT2D eigenvalue weighted by Gasteiger charge is 2.19. The molecule has 0 bridgehead atoms. The molecule has 118 valence electrons. The first kappa shape index (κ1) is 16.3.